The summed E-state index contributed by atoms with van der Waals surface area (Å²) in [7, 11) is 0. The van der Waals surface area contributed by atoms with Gasteiger partial charge in [-0.2, -0.15) is 0 Å². The molecule has 5 rings (SSSR count). The van der Waals surface area contributed by atoms with Gasteiger partial charge in [-0.15, -0.1) is 0 Å². The van der Waals surface area contributed by atoms with Gasteiger partial charge >= 0.3 is 5.91 Å². The molecule has 0 saturated carbocycles. The van der Waals surface area contributed by atoms with Crippen LogP contribution in [-0.2, 0) is 9.59 Å². The molecule has 1 atom stereocenters. The summed E-state index contributed by atoms with van der Waals surface area (Å²) in [6, 6.07) is 19.7. The molecule has 0 aliphatic carbocycles. The van der Waals surface area contributed by atoms with Gasteiger partial charge in [0.05, 0.1) is 29.3 Å². The van der Waals surface area contributed by atoms with E-state index in [2.05, 4.69) is 28.7 Å². The first-order valence-electron chi connectivity index (χ1n) is 14.2. The smallest absolute Gasteiger partial charge is 0.302 e. The molecule has 1 amide bonds. The number of hydrogen-bond donors (Lipinski definition) is 2. The molecule has 212 valence electrons. The lowest BCUT2D eigenvalue weighted by Crippen LogP contribution is -2.30. The van der Waals surface area contributed by atoms with Gasteiger partial charge in [-0.25, -0.2) is 4.98 Å². The Morgan fingerprint density at radius 2 is 1.73 bits per heavy atom. The number of aromatic nitrogens is 2. The maximum atomic E-state index is 13.7. The highest BCUT2D eigenvalue weighted by Gasteiger charge is 2.48. The third-order valence-electron chi connectivity index (χ3n) is 7.59. The van der Waals surface area contributed by atoms with Crippen molar-refractivity contribution in [3.05, 3.63) is 89.0 Å². The summed E-state index contributed by atoms with van der Waals surface area (Å²) in [4.78, 5) is 38.7. The summed E-state index contributed by atoms with van der Waals surface area (Å²) in [5.74, 6) is -0.653. The second-order valence-corrected chi connectivity index (χ2v) is 10.4. The van der Waals surface area contributed by atoms with Crippen LogP contribution in [0.2, 0.25) is 0 Å². The second-order valence-electron chi connectivity index (χ2n) is 10.4. The fraction of sp³-hybridized carbons (Fsp3) is 0.303. The van der Waals surface area contributed by atoms with Gasteiger partial charge in [-0.1, -0.05) is 38.1 Å². The van der Waals surface area contributed by atoms with E-state index >= 15 is 0 Å². The zero-order valence-corrected chi connectivity index (χ0v) is 24.1. The molecule has 1 saturated heterocycles. The van der Waals surface area contributed by atoms with E-state index < -0.39 is 17.7 Å². The maximum Gasteiger partial charge on any atom is 0.302 e. The van der Waals surface area contributed by atoms with E-state index in [-0.39, 0.29) is 23.2 Å². The number of benzene rings is 3. The zero-order chi connectivity index (χ0) is 29.3. The minimum absolute atomic E-state index is 0.0184. The summed E-state index contributed by atoms with van der Waals surface area (Å²) in [5.41, 5.74) is 4.52. The van der Waals surface area contributed by atoms with Gasteiger partial charge in [0.25, 0.3) is 5.78 Å². The number of ether oxygens (including phenoxy) is 1. The lowest BCUT2D eigenvalue weighted by atomic mass is 9.93. The maximum absolute atomic E-state index is 13.7. The van der Waals surface area contributed by atoms with Crippen LogP contribution in [0, 0.1) is 0 Å². The Morgan fingerprint density at radius 1 is 1.02 bits per heavy atom. The number of imidazole rings is 1. The molecule has 8 heteroatoms. The number of anilines is 2. The number of aliphatic hydroxyl groups excluding tert-OH is 1. The molecule has 3 aromatic carbocycles. The average Bonchev–Trinajstić information content (AvgIpc) is 3.52. The number of amides is 1. The first-order valence-corrected chi connectivity index (χ1v) is 14.2. The highest BCUT2D eigenvalue weighted by Crippen LogP contribution is 2.43. The van der Waals surface area contributed by atoms with Gasteiger partial charge in [0.2, 0.25) is 5.95 Å². The number of H-pyrrole nitrogens is 1. The van der Waals surface area contributed by atoms with E-state index in [1.807, 2.05) is 75.4 Å². The molecule has 1 aliphatic heterocycles. The lowest BCUT2D eigenvalue weighted by Gasteiger charge is -2.25. The number of carbonyl (C=O) groups is 2. The van der Waals surface area contributed by atoms with Crippen LogP contribution in [0.25, 0.3) is 16.8 Å². The van der Waals surface area contributed by atoms with Crippen LogP contribution in [0.15, 0.2) is 72.3 Å². The zero-order valence-electron chi connectivity index (χ0n) is 24.1. The molecular weight excluding hydrogens is 516 g/mol. The normalized spacial score (nSPS) is 16.6. The molecule has 0 bridgehead atoms. The van der Waals surface area contributed by atoms with Gasteiger partial charge in [0.1, 0.15) is 11.5 Å². The van der Waals surface area contributed by atoms with Gasteiger partial charge < -0.3 is 19.7 Å². The Labute approximate surface area is 240 Å². The number of nitrogens with zero attached hydrogens (tertiary/aromatic N) is 3. The molecule has 2 N–H and O–H groups in total. The number of para-hydroxylation sites is 2. The van der Waals surface area contributed by atoms with Gasteiger partial charge in [0.15, 0.2) is 0 Å². The van der Waals surface area contributed by atoms with Gasteiger partial charge in [-0.3, -0.25) is 14.5 Å². The Balaban J connectivity index is 1.69. The van der Waals surface area contributed by atoms with Crippen molar-refractivity contribution in [1.82, 2.24) is 9.97 Å². The Bertz CT molecular complexity index is 1580. The van der Waals surface area contributed by atoms with Crippen molar-refractivity contribution < 1.29 is 19.4 Å². The highest BCUT2D eigenvalue weighted by atomic mass is 16.5. The molecule has 1 unspecified atom stereocenters. The number of aliphatic hydroxyl groups is 1. The summed E-state index contributed by atoms with van der Waals surface area (Å²) in [5, 5.41) is 11.7. The number of fused-ring (bicyclic) bond motifs is 1. The third-order valence-corrected chi connectivity index (χ3v) is 7.59. The number of aromatic amines is 1. The lowest BCUT2D eigenvalue weighted by molar-refractivity contribution is -0.132. The average molecular weight is 553 g/mol. The minimum atomic E-state index is -0.879. The SMILES string of the molecule is CCOc1ccc(/C(O)=C2\C(=O)C(=O)N(c3nc4ccccc4[nH]3)C2c2ccc(N(CC)CC)cc2)cc1C(C)C. The van der Waals surface area contributed by atoms with Crippen LogP contribution in [0.5, 0.6) is 5.75 Å². The van der Waals surface area contributed by atoms with Crippen molar-refractivity contribution in [1.29, 1.82) is 0 Å². The number of Topliss-reactive ketones (excluding diaryl/α,β-unsaturated/α-hetero) is 1. The van der Waals surface area contributed by atoms with Gasteiger partial charge in [0, 0.05) is 24.3 Å². The van der Waals surface area contributed by atoms with Crippen LogP contribution in [0.1, 0.15) is 63.3 Å². The number of rotatable bonds is 9. The largest absolute Gasteiger partial charge is 0.507 e. The number of hydrogen-bond acceptors (Lipinski definition) is 6. The van der Waals surface area contributed by atoms with Crippen LogP contribution in [0.3, 0.4) is 0 Å². The molecule has 1 aromatic heterocycles. The second kappa shape index (κ2) is 11.5. The summed E-state index contributed by atoms with van der Waals surface area (Å²) < 4.78 is 5.80. The van der Waals surface area contributed by atoms with Crippen molar-refractivity contribution in [2.24, 2.45) is 0 Å². The summed E-state index contributed by atoms with van der Waals surface area (Å²) in [6.45, 7) is 12.4. The Kier molecular flexibility index (Phi) is 7.83. The van der Waals surface area contributed by atoms with E-state index in [0.29, 0.717) is 23.3 Å². The molecule has 1 aliphatic rings. The van der Waals surface area contributed by atoms with Crippen molar-refractivity contribution >= 4 is 40.1 Å². The molecular formula is C33H36N4O4. The van der Waals surface area contributed by atoms with Crippen LogP contribution >= 0.6 is 0 Å². The standard InChI is InChI=1S/C33H36N4O4/c1-6-36(7-2)23-16-13-21(14-17-23)29-28(30(38)22-15-18-27(41-8-3)24(19-22)20(4)5)31(39)32(40)37(29)33-34-25-11-9-10-12-26(25)35-33/h9-20,29,38H,6-8H2,1-5H3,(H,34,35)/b30-28+. The first kappa shape index (κ1) is 28.0. The van der Waals surface area contributed by atoms with Crippen LogP contribution in [-0.4, -0.2) is 46.5 Å². The highest BCUT2D eigenvalue weighted by molar-refractivity contribution is 6.51. The monoisotopic (exact) mass is 552 g/mol. The number of nitrogens with one attached hydrogen (secondary N) is 1. The fourth-order valence-corrected chi connectivity index (χ4v) is 5.47. The molecule has 4 aromatic rings. The molecule has 2 heterocycles. The number of ketones is 1. The Morgan fingerprint density at radius 3 is 2.37 bits per heavy atom. The van der Waals surface area contributed by atoms with Crippen molar-refractivity contribution in [3.63, 3.8) is 0 Å². The van der Waals surface area contributed by atoms with E-state index in [9.17, 15) is 14.7 Å². The van der Waals surface area contributed by atoms with E-state index in [0.717, 1.165) is 35.6 Å². The topological polar surface area (TPSA) is 98.8 Å². The molecule has 0 radical (unpaired) electrons. The quantitative estimate of drug-likeness (QED) is 0.139. The van der Waals surface area contributed by atoms with Crippen molar-refractivity contribution in [3.8, 4) is 5.75 Å². The van der Waals surface area contributed by atoms with E-state index in [1.165, 1.54) is 4.90 Å². The molecule has 41 heavy (non-hydrogen) atoms. The van der Waals surface area contributed by atoms with E-state index in [1.54, 1.807) is 12.1 Å². The predicted molar refractivity (Wildman–Crippen MR) is 163 cm³/mol. The minimum Gasteiger partial charge on any atom is -0.507 e. The molecule has 0 spiro atoms. The van der Waals surface area contributed by atoms with Gasteiger partial charge in [-0.05, 0) is 80.3 Å². The predicted octanol–water partition coefficient (Wildman–Crippen LogP) is 6.56. The fourth-order valence-electron chi connectivity index (χ4n) is 5.47. The van der Waals surface area contributed by atoms with Crippen molar-refractivity contribution in [2.45, 2.75) is 46.6 Å². The molecule has 1 fully saturated rings. The summed E-state index contributed by atoms with van der Waals surface area (Å²) in [6.07, 6.45) is 0. The summed E-state index contributed by atoms with van der Waals surface area (Å²) >= 11 is 0. The van der Waals surface area contributed by atoms with Crippen molar-refractivity contribution in [2.75, 3.05) is 29.5 Å². The third kappa shape index (κ3) is 5.06. The van der Waals surface area contributed by atoms with Crippen LogP contribution < -0.4 is 14.5 Å². The van der Waals surface area contributed by atoms with E-state index in [4.69, 9.17) is 4.74 Å². The van der Waals surface area contributed by atoms with Crippen LogP contribution in [0.4, 0.5) is 11.6 Å². The first-order chi connectivity index (χ1) is 19.8. The number of carbonyl (C=O) groups excluding carboxylic acids is 2. The Hall–Kier alpha value is -4.59. The molecule has 8 nitrogen and oxygen atoms in total.